The third kappa shape index (κ3) is 5.85. The fourth-order valence-electron chi connectivity index (χ4n) is 1.90. The van der Waals surface area contributed by atoms with Crippen LogP contribution in [0.4, 0.5) is 0 Å². The molecule has 0 aliphatic carbocycles. The molecule has 0 saturated carbocycles. The Morgan fingerprint density at radius 2 is 1.83 bits per heavy atom. The van der Waals surface area contributed by atoms with Gasteiger partial charge in [0.25, 0.3) is 0 Å². The summed E-state index contributed by atoms with van der Waals surface area (Å²) in [5, 5.41) is 0. The Labute approximate surface area is 138 Å². The summed E-state index contributed by atoms with van der Waals surface area (Å²) in [6, 6.07) is 0. The van der Waals surface area contributed by atoms with Gasteiger partial charge in [-0.2, -0.15) is 0 Å². The largest absolute Gasteiger partial charge is 0.213 e. The first kappa shape index (κ1) is 18.3. The lowest BCUT2D eigenvalue weighted by atomic mass is 10.1. The van der Waals surface area contributed by atoms with Crippen LogP contribution in [0.15, 0.2) is 67.5 Å². The van der Waals surface area contributed by atoms with Gasteiger partial charge in [-0.05, 0) is 32.4 Å². The first-order valence-corrected chi connectivity index (χ1v) is 7.57. The molecule has 0 aliphatic heterocycles. The Balaban J connectivity index is 3.46. The van der Waals surface area contributed by atoms with E-state index < -0.39 is 0 Å². The maximum atomic E-state index is 4.61. The zero-order valence-electron chi connectivity index (χ0n) is 14.1. The lowest BCUT2D eigenvalue weighted by Crippen LogP contribution is -2.04. The second-order valence-corrected chi connectivity index (χ2v) is 4.69. The lowest BCUT2D eigenvalue weighted by Gasteiger charge is -2.06. The van der Waals surface area contributed by atoms with Gasteiger partial charge in [-0.15, -0.1) is 5.73 Å². The summed E-state index contributed by atoms with van der Waals surface area (Å²) >= 11 is 0. The zero-order valence-corrected chi connectivity index (χ0v) is 14.1. The molecule has 0 bridgehead atoms. The number of aryl methyl sites for hydroxylation is 1. The number of rotatable bonds is 7. The molecule has 1 rings (SSSR count). The average molecular weight is 305 g/mol. The first-order valence-electron chi connectivity index (χ1n) is 7.57. The van der Waals surface area contributed by atoms with Crippen molar-refractivity contribution in [3.63, 3.8) is 0 Å². The van der Waals surface area contributed by atoms with Gasteiger partial charge in [-0.1, -0.05) is 56.5 Å². The van der Waals surface area contributed by atoms with E-state index in [0.717, 1.165) is 17.6 Å². The summed E-state index contributed by atoms with van der Waals surface area (Å²) in [6.07, 6.45) is 16.1. The maximum absolute atomic E-state index is 4.61. The monoisotopic (exact) mass is 305 g/mol. The molecule has 0 radical (unpaired) electrons. The highest BCUT2D eigenvalue weighted by atomic mass is 15.0. The van der Waals surface area contributed by atoms with Crippen molar-refractivity contribution in [2.45, 2.75) is 27.2 Å². The SMILES string of the molecule is C=C=C/C=C(\C=C/C)c1nc(C)nc(C(/C=C\C=C)=C/CC)n1. The van der Waals surface area contributed by atoms with Crippen molar-refractivity contribution in [1.29, 1.82) is 0 Å². The van der Waals surface area contributed by atoms with Crippen LogP contribution in [0.5, 0.6) is 0 Å². The van der Waals surface area contributed by atoms with Crippen molar-refractivity contribution in [3.05, 3.63) is 85.0 Å². The van der Waals surface area contributed by atoms with Gasteiger partial charge in [-0.25, -0.2) is 15.0 Å². The highest BCUT2D eigenvalue weighted by Gasteiger charge is 2.09. The molecular formula is C20H23N3. The van der Waals surface area contributed by atoms with E-state index in [1.54, 1.807) is 12.2 Å². The van der Waals surface area contributed by atoms with Crippen LogP contribution in [0.25, 0.3) is 11.1 Å². The van der Waals surface area contributed by atoms with E-state index >= 15 is 0 Å². The van der Waals surface area contributed by atoms with E-state index in [9.17, 15) is 0 Å². The Kier molecular flexibility index (Phi) is 7.98. The molecule has 0 fully saturated rings. The van der Waals surface area contributed by atoms with Crippen molar-refractivity contribution in [3.8, 4) is 0 Å². The predicted molar refractivity (Wildman–Crippen MR) is 98.7 cm³/mol. The minimum atomic E-state index is 0.631. The molecule has 0 unspecified atom stereocenters. The molecule has 1 aromatic heterocycles. The second kappa shape index (κ2) is 10.0. The predicted octanol–water partition coefficient (Wildman–Crippen LogP) is 5.02. The molecule has 0 aromatic carbocycles. The molecule has 1 heterocycles. The van der Waals surface area contributed by atoms with E-state index in [1.165, 1.54) is 0 Å². The summed E-state index contributed by atoms with van der Waals surface area (Å²) < 4.78 is 0. The van der Waals surface area contributed by atoms with E-state index in [2.05, 4.69) is 46.8 Å². The van der Waals surface area contributed by atoms with Gasteiger partial charge in [0.05, 0.1) is 0 Å². The van der Waals surface area contributed by atoms with Crippen LogP contribution >= 0.6 is 0 Å². The Bertz CT molecular complexity index is 712. The summed E-state index contributed by atoms with van der Waals surface area (Å²) in [4.78, 5) is 13.5. The normalized spacial score (nSPS) is 12.7. The van der Waals surface area contributed by atoms with Crippen LogP contribution in [0.3, 0.4) is 0 Å². The van der Waals surface area contributed by atoms with E-state index in [-0.39, 0.29) is 0 Å². The van der Waals surface area contributed by atoms with Crippen LogP contribution in [-0.4, -0.2) is 15.0 Å². The Morgan fingerprint density at radius 1 is 1.13 bits per heavy atom. The number of allylic oxidation sites excluding steroid dienone is 10. The average Bonchev–Trinajstić information content (AvgIpc) is 2.54. The third-order valence-corrected chi connectivity index (χ3v) is 2.83. The molecule has 1 aromatic rings. The molecule has 0 saturated heterocycles. The van der Waals surface area contributed by atoms with Gasteiger partial charge in [-0.3, -0.25) is 0 Å². The molecule has 0 amide bonds. The first-order chi connectivity index (χ1) is 11.2. The van der Waals surface area contributed by atoms with Gasteiger partial charge in [0.1, 0.15) is 5.82 Å². The summed E-state index contributed by atoms with van der Waals surface area (Å²) in [5.41, 5.74) is 4.58. The lowest BCUT2D eigenvalue weighted by molar-refractivity contribution is 0.933. The van der Waals surface area contributed by atoms with E-state index in [4.69, 9.17) is 0 Å². The smallest absolute Gasteiger partial charge is 0.163 e. The molecule has 3 heteroatoms. The van der Waals surface area contributed by atoms with Crippen LogP contribution < -0.4 is 0 Å². The summed E-state index contributed by atoms with van der Waals surface area (Å²) in [7, 11) is 0. The topological polar surface area (TPSA) is 38.7 Å². The molecule has 0 atom stereocenters. The van der Waals surface area contributed by atoms with Crippen LogP contribution in [0.2, 0.25) is 0 Å². The molecule has 0 N–H and O–H groups in total. The standard InChI is InChI=1S/C20H23N3/c1-6-10-14-17(12-8-3)19-21-16(5)22-20(23-19)18(13-9-4)15-11-7-2/h6,9-15H,1-2,8H2,3-5H3/b13-9-,14-10-,17-12+,18-15+. The molecule has 118 valence electrons. The highest BCUT2D eigenvalue weighted by molar-refractivity contribution is 5.74. The minimum absolute atomic E-state index is 0.631. The molecule has 3 nitrogen and oxygen atoms in total. The molecular weight excluding hydrogens is 282 g/mol. The van der Waals surface area contributed by atoms with Gasteiger partial charge >= 0.3 is 0 Å². The van der Waals surface area contributed by atoms with Crippen molar-refractivity contribution in [2.75, 3.05) is 0 Å². The van der Waals surface area contributed by atoms with Crippen molar-refractivity contribution in [1.82, 2.24) is 15.0 Å². The zero-order chi connectivity index (χ0) is 17.1. The van der Waals surface area contributed by atoms with Gasteiger partial charge in [0, 0.05) is 11.1 Å². The van der Waals surface area contributed by atoms with Gasteiger partial charge in [0.15, 0.2) is 11.6 Å². The molecule has 0 spiro atoms. The Morgan fingerprint density at radius 3 is 2.39 bits per heavy atom. The quantitative estimate of drug-likeness (QED) is 0.524. The van der Waals surface area contributed by atoms with Crippen molar-refractivity contribution in [2.24, 2.45) is 0 Å². The number of nitrogens with zero attached hydrogens (tertiary/aromatic N) is 3. The van der Waals surface area contributed by atoms with Crippen LogP contribution in [-0.2, 0) is 0 Å². The number of aromatic nitrogens is 3. The number of hydrogen-bond donors (Lipinski definition) is 0. The van der Waals surface area contributed by atoms with Crippen LogP contribution in [0.1, 0.15) is 37.7 Å². The van der Waals surface area contributed by atoms with Gasteiger partial charge < -0.3 is 0 Å². The third-order valence-electron chi connectivity index (χ3n) is 2.83. The molecule has 0 aliphatic rings. The summed E-state index contributed by atoms with van der Waals surface area (Å²) in [5.74, 6) is 1.97. The van der Waals surface area contributed by atoms with E-state index in [1.807, 2.05) is 44.2 Å². The number of hydrogen-bond acceptors (Lipinski definition) is 3. The second-order valence-electron chi connectivity index (χ2n) is 4.69. The summed E-state index contributed by atoms with van der Waals surface area (Å²) in [6.45, 7) is 13.2. The molecule has 23 heavy (non-hydrogen) atoms. The minimum Gasteiger partial charge on any atom is -0.213 e. The van der Waals surface area contributed by atoms with E-state index in [0.29, 0.717) is 17.5 Å². The fourth-order valence-corrected chi connectivity index (χ4v) is 1.90. The van der Waals surface area contributed by atoms with Crippen molar-refractivity contribution < 1.29 is 0 Å². The maximum Gasteiger partial charge on any atom is 0.163 e. The highest BCUT2D eigenvalue weighted by Crippen LogP contribution is 2.17. The Hall–Kier alpha value is -2.77. The van der Waals surface area contributed by atoms with Gasteiger partial charge in [0.2, 0.25) is 0 Å². The fraction of sp³-hybridized carbons (Fsp3) is 0.200. The van der Waals surface area contributed by atoms with Crippen molar-refractivity contribution >= 4 is 11.1 Å². The van der Waals surface area contributed by atoms with Crippen LogP contribution in [0, 0.1) is 6.92 Å².